The number of hydrogen-bond donors (Lipinski definition) is 1. The molecule has 1 saturated heterocycles. The summed E-state index contributed by atoms with van der Waals surface area (Å²) < 4.78 is 0. The Hall–Kier alpha value is -0.680. The van der Waals surface area contributed by atoms with Gasteiger partial charge in [0.05, 0.1) is 11.0 Å². The first-order valence-corrected chi connectivity index (χ1v) is 8.83. The van der Waals surface area contributed by atoms with Gasteiger partial charge in [-0.15, -0.1) is 0 Å². The third kappa shape index (κ3) is 3.24. The lowest BCUT2D eigenvalue weighted by atomic mass is 10.0. The molecule has 2 saturated carbocycles. The Bertz CT molecular complexity index is 410. The molecule has 3 rings (SSSR count). The zero-order valence-corrected chi connectivity index (χ0v) is 13.8. The van der Waals surface area contributed by atoms with E-state index in [4.69, 9.17) is 18.0 Å². The number of carbonyl (C=O) groups is 1. The highest BCUT2D eigenvalue weighted by Crippen LogP contribution is 2.54. The van der Waals surface area contributed by atoms with E-state index < -0.39 is 0 Å². The van der Waals surface area contributed by atoms with E-state index in [1.807, 2.05) is 0 Å². The summed E-state index contributed by atoms with van der Waals surface area (Å²) in [6.07, 6.45) is 5.79. The maximum absolute atomic E-state index is 12.6. The zero-order valence-electron chi connectivity index (χ0n) is 13.0. The van der Waals surface area contributed by atoms with Crippen LogP contribution in [0.1, 0.15) is 39.0 Å². The van der Waals surface area contributed by atoms with Crippen molar-refractivity contribution < 1.29 is 4.79 Å². The van der Waals surface area contributed by atoms with Crippen LogP contribution in [0.3, 0.4) is 0 Å². The Morgan fingerprint density at radius 1 is 1.19 bits per heavy atom. The van der Waals surface area contributed by atoms with E-state index in [1.165, 1.54) is 6.42 Å². The molecule has 0 aromatic carbocycles. The minimum absolute atomic E-state index is 0.210. The quantitative estimate of drug-likeness (QED) is 0.784. The first kappa shape index (κ1) is 15.2. The first-order chi connectivity index (χ1) is 10.1. The molecule has 1 aliphatic heterocycles. The maximum Gasteiger partial charge on any atom is 0.225 e. The van der Waals surface area contributed by atoms with Gasteiger partial charge < -0.3 is 10.6 Å². The van der Waals surface area contributed by atoms with E-state index in [2.05, 4.69) is 16.7 Å². The Balaban J connectivity index is 1.50. The lowest BCUT2D eigenvalue weighted by molar-refractivity contribution is -0.137. The first-order valence-electron chi connectivity index (χ1n) is 8.42. The molecule has 3 fully saturated rings. The molecule has 3 unspecified atom stereocenters. The average Bonchev–Trinajstić information content (AvgIpc) is 3.10. The van der Waals surface area contributed by atoms with Crippen molar-refractivity contribution in [2.45, 2.75) is 45.1 Å². The number of hydrogen-bond acceptors (Lipinski definition) is 3. The van der Waals surface area contributed by atoms with Crippen molar-refractivity contribution in [1.29, 1.82) is 0 Å². The molecule has 0 aromatic heterocycles. The molecule has 0 spiro atoms. The number of thiocarbonyl (C=S) groups is 1. The van der Waals surface area contributed by atoms with Gasteiger partial charge in [0.25, 0.3) is 0 Å². The monoisotopic (exact) mass is 309 g/mol. The van der Waals surface area contributed by atoms with Crippen molar-refractivity contribution in [2.24, 2.45) is 23.5 Å². The highest BCUT2D eigenvalue weighted by molar-refractivity contribution is 7.80. The van der Waals surface area contributed by atoms with E-state index in [0.29, 0.717) is 16.8 Å². The van der Waals surface area contributed by atoms with Crippen molar-refractivity contribution in [3.8, 4) is 0 Å². The van der Waals surface area contributed by atoms with Gasteiger partial charge in [0.15, 0.2) is 0 Å². The van der Waals surface area contributed by atoms with Crippen LogP contribution in [0, 0.1) is 17.8 Å². The van der Waals surface area contributed by atoms with Gasteiger partial charge >= 0.3 is 0 Å². The predicted octanol–water partition coefficient (Wildman–Crippen LogP) is 1.63. The van der Waals surface area contributed by atoms with Crippen molar-refractivity contribution in [3.05, 3.63) is 0 Å². The molecular formula is C16H27N3OS. The summed E-state index contributed by atoms with van der Waals surface area (Å²) in [5.74, 6) is 2.49. The lowest BCUT2D eigenvalue weighted by Crippen LogP contribution is -2.55. The molecule has 2 N–H and O–H groups in total. The van der Waals surface area contributed by atoms with Gasteiger partial charge in [0.1, 0.15) is 0 Å². The maximum atomic E-state index is 12.6. The lowest BCUT2D eigenvalue weighted by Gasteiger charge is -2.39. The number of fused-ring (bicyclic) bond motifs is 1. The third-order valence-electron chi connectivity index (χ3n) is 5.55. The predicted molar refractivity (Wildman–Crippen MR) is 88.0 cm³/mol. The topological polar surface area (TPSA) is 49.6 Å². The molecule has 3 atom stereocenters. The molecule has 0 bridgehead atoms. The number of nitrogens with zero attached hydrogens (tertiary/aromatic N) is 2. The second kappa shape index (κ2) is 6.21. The molecule has 5 heteroatoms. The molecule has 21 heavy (non-hydrogen) atoms. The second-order valence-electron chi connectivity index (χ2n) is 6.99. The summed E-state index contributed by atoms with van der Waals surface area (Å²) in [5, 5.41) is 0. The third-order valence-corrected chi connectivity index (χ3v) is 5.82. The smallest absolute Gasteiger partial charge is 0.225 e. The Kier molecular flexibility index (Phi) is 4.50. The highest BCUT2D eigenvalue weighted by atomic mass is 32.1. The Morgan fingerprint density at radius 2 is 1.81 bits per heavy atom. The van der Waals surface area contributed by atoms with Gasteiger partial charge in [-0.05, 0) is 37.5 Å². The summed E-state index contributed by atoms with van der Waals surface area (Å²) in [5.41, 5.74) is 5.88. The van der Waals surface area contributed by atoms with Gasteiger partial charge in [-0.2, -0.15) is 0 Å². The van der Waals surface area contributed by atoms with E-state index >= 15 is 0 Å². The van der Waals surface area contributed by atoms with E-state index in [-0.39, 0.29) is 6.04 Å². The number of nitrogens with two attached hydrogens (primary N) is 1. The van der Waals surface area contributed by atoms with Crippen LogP contribution in [0.5, 0.6) is 0 Å². The van der Waals surface area contributed by atoms with Crippen molar-refractivity contribution in [2.75, 3.05) is 26.2 Å². The van der Waals surface area contributed by atoms with Gasteiger partial charge in [-0.1, -0.05) is 25.6 Å². The highest BCUT2D eigenvalue weighted by Gasteiger charge is 2.49. The van der Waals surface area contributed by atoms with Gasteiger partial charge in [0.2, 0.25) is 5.91 Å². The van der Waals surface area contributed by atoms with Crippen LogP contribution < -0.4 is 5.73 Å². The van der Waals surface area contributed by atoms with Gasteiger partial charge in [-0.25, -0.2) is 0 Å². The van der Waals surface area contributed by atoms with Crippen LogP contribution in [-0.4, -0.2) is 52.9 Å². The minimum atomic E-state index is 0.210. The van der Waals surface area contributed by atoms with E-state index in [0.717, 1.165) is 63.7 Å². The number of carbonyl (C=O) groups excluding carboxylic acids is 1. The fourth-order valence-corrected chi connectivity index (χ4v) is 4.47. The molecule has 0 aromatic rings. The van der Waals surface area contributed by atoms with Gasteiger partial charge in [-0.3, -0.25) is 9.69 Å². The largest absolute Gasteiger partial charge is 0.392 e. The number of rotatable bonds is 5. The van der Waals surface area contributed by atoms with Crippen molar-refractivity contribution in [1.82, 2.24) is 9.80 Å². The van der Waals surface area contributed by atoms with Crippen LogP contribution in [-0.2, 0) is 4.79 Å². The summed E-state index contributed by atoms with van der Waals surface area (Å²) >= 11 is 5.21. The summed E-state index contributed by atoms with van der Waals surface area (Å²) in [4.78, 5) is 17.6. The Labute approximate surface area is 133 Å². The van der Waals surface area contributed by atoms with Gasteiger partial charge in [0, 0.05) is 32.1 Å². The normalized spacial score (nSPS) is 33.6. The zero-order chi connectivity index (χ0) is 15.0. The van der Waals surface area contributed by atoms with Crippen LogP contribution in [0.2, 0.25) is 0 Å². The summed E-state index contributed by atoms with van der Waals surface area (Å²) in [6.45, 7) is 5.66. The molecule has 4 nitrogen and oxygen atoms in total. The van der Waals surface area contributed by atoms with Crippen LogP contribution in [0.4, 0.5) is 0 Å². The average molecular weight is 309 g/mol. The molecule has 1 amide bonds. The number of amides is 1. The molecular weight excluding hydrogens is 282 g/mol. The van der Waals surface area contributed by atoms with Crippen LogP contribution in [0.15, 0.2) is 0 Å². The minimum Gasteiger partial charge on any atom is -0.392 e. The molecule has 2 aliphatic carbocycles. The van der Waals surface area contributed by atoms with Crippen molar-refractivity contribution in [3.63, 3.8) is 0 Å². The fourth-order valence-electron chi connectivity index (χ4n) is 4.21. The fraction of sp³-hybridized carbons (Fsp3) is 0.875. The van der Waals surface area contributed by atoms with E-state index in [9.17, 15) is 4.79 Å². The van der Waals surface area contributed by atoms with Crippen molar-refractivity contribution >= 4 is 23.1 Å². The Morgan fingerprint density at radius 3 is 2.33 bits per heavy atom. The standard InChI is InChI=1S/C16H27N3OS/c1-2-3-14(15(17)21)18-4-6-19(7-5-18)16(20)13-9-11-8-12(11)10-13/h11-14H,2-10H2,1H3,(H2,17,21). The number of piperazine rings is 1. The summed E-state index contributed by atoms with van der Waals surface area (Å²) in [7, 11) is 0. The van der Waals surface area contributed by atoms with Crippen LogP contribution in [0.25, 0.3) is 0 Å². The van der Waals surface area contributed by atoms with E-state index in [1.54, 1.807) is 0 Å². The van der Waals surface area contributed by atoms with Crippen LogP contribution >= 0.6 is 12.2 Å². The molecule has 118 valence electrons. The molecule has 1 heterocycles. The molecule has 3 aliphatic rings. The SMILES string of the molecule is CCCC(C(N)=S)N1CCN(C(=O)C2CC3CC3C2)CC1. The second-order valence-corrected chi connectivity index (χ2v) is 7.46. The molecule has 0 radical (unpaired) electrons. The summed E-state index contributed by atoms with van der Waals surface area (Å²) in [6, 6.07) is 0.210.